The Hall–Kier alpha value is -2.93. The number of aromatic nitrogens is 3. The van der Waals surface area contributed by atoms with Crippen molar-refractivity contribution < 1.29 is 9.90 Å². The number of aliphatic hydroxyl groups is 1. The van der Waals surface area contributed by atoms with E-state index in [0.717, 1.165) is 22.6 Å². The average molecular weight is 379 g/mol. The zero-order chi connectivity index (χ0) is 19.7. The van der Waals surface area contributed by atoms with Crippen LogP contribution in [0.2, 0.25) is 0 Å². The van der Waals surface area contributed by atoms with Gasteiger partial charge < -0.3 is 19.7 Å². The number of amides is 2. The Morgan fingerprint density at radius 2 is 2.00 bits per heavy atom. The van der Waals surface area contributed by atoms with Crippen LogP contribution in [0.4, 0.5) is 4.79 Å². The lowest BCUT2D eigenvalue weighted by Gasteiger charge is -2.37. The Bertz CT molecular complexity index is 988. The first-order valence-electron chi connectivity index (χ1n) is 9.56. The van der Waals surface area contributed by atoms with Crippen LogP contribution in [0.3, 0.4) is 0 Å². The predicted molar refractivity (Wildman–Crippen MR) is 106 cm³/mol. The second-order valence-electron chi connectivity index (χ2n) is 7.53. The SMILES string of the molecule is Cc1ccc(C2(O)CCN(C(=O)NCc3cn4c(C)cccc4n3)CC2)nc1. The summed E-state index contributed by atoms with van der Waals surface area (Å²) in [5.41, 5.74) is 3.56. The van der Waals surface area contributed by atoms with Gasteiger partial charge in [-0.1, -0.05) is 12.1 Å². The van der Waals surface area contributed by atoms with E-state index in [0.29, 0.717) is 38.2 Å². The lowest BCUT2D eigenvalue weighted by Crippen LogP contribution is -2.48. The summed E-state index contributed by atoms with van der Waals surface area (Å²) in [5, 5.41) is 13.9. The number of urea groups is 1. The lowest BCUT2D eigenvalue weighted by atomic mass is 9.87. The minimum absolute atomic E-state index is 0.132. The average Bonchev–Trinajstić information content (AvgIpc) is 3.12. The van der Waals surface area contributed by atoms with Gasteiger partial charge in [0.2, 0.25) is 0 Å². The Kier molecular flexibility index (Phi) is 4.77. The van der Waals surface area contributed by atoms with Crippen LogP contribution in [0.15, 0.2) is 42.7 Å². The summed E-state index contributed by atoms with van der Waals surface area (Å²) in [7, 11) is 0. The summed E-state index contributed by atoms with van der Waals surface area (Å²) in [5.74, 6) is 0. The van der Waals surface area contributed by atoms with Gasteiger partial charge in [-0.25, -0.2) is 9.78 Å². The summed E-state index contributed by atoms with van der Waals surface area (Å²) in [6.07, 6.45) is 4.67. The van der Waals surface area contributed by atoms with E-state index in [1.165, 1.54) is 0 Å². The number of hydrogen-bond acceptors (Lipinski definition) is 4. The number of piperidine rings is 1. The minimum atomic E-state index is -0.969. The quantitative estimate of drug-likeness (QED) is 0.733. The van der Waals surface area contributed by atoms with Gasteiger partial charge >= 0.3 is 6.03 Å². The van der Waals surface area contributed by atoms with Crippen molar-refractivity contribution in [2.24, 2.45) is 0 Å². The molecule has 1 aliphatic heterocycles. The van der Waals surface area contributed by atoms with Crippen LogP contribution >= 0.6 is 0 Å². The van der Waals surface area contributed by atoms with Crippen molar-refractivity contribution in [3.05, 3.63) is 65.4 Å². The fourth-order valence-electron chi connectivity index (χ4n) is 3.64. The molecule has 0 spiro atoms. The van der Waals surface area contributed by atoms with Crippen molar-refractivity contribution in [2.75, 3.05) is 13.1 Å². The number of carbonyl (C=O) groups excluding carboxylic acids is 1. The summed E-state index contributed by atoms with van der Waals surface area (Å²) in [6, 6.07) is 9.63. The number of aryl methyl sites for hydroxylation is 2. The van der Waals surface area contributed by atoms with Crippen LogP contribution in [0.5, 0.6) is 0 Å². The van der Waals surface area contributed by atoms with E-state index in [-0.39, 0.29) is 6.03 Å². The molecule has 0 unspecified atom stereocenters. The first-order chi connectivity index (χ1) is 13.4. The van der Waals surface area contributed by atoms with Crippen LogP contribution in [0.25, 0.3) is 5.65 Å². The highest BCUT2D eigenvalue weighted by Gasteiger charge is 2.36. The predicted octanol–water partition coefficient (Wildman–Crippen LogP) is 2.54. The maximum Gasteiger partial charge on any atom is 0.317 e. The molecule has 2 amide bonds. The van der Waals surface area contributed by atoms with Crippen LogP contribution in [0, 0.1) is 13.8 Å². The van der Waals surface area contributed by atoms with Gasteiger partial charge in [0.05, 0.1) is 17.9 Å². The number of nitrogens with zero attached hydrogens (tertiary/aromatic N) is 4. The molecule has 2 N–H and O–H groups in total. The van der Waals surface area contributed by atoms with Gasteiger partial charge in [-0.05, 0) is 50.5 Å². The smallest absolute Gasteiger partial charge is 0.317 e. The molecule has 146 valence electrons. The zero-order valence-corrected chi connectivity index (χ0v) is 16.2. The Morgan fingerprint density at radius 1 is 1.21 bits per heavy atom. The highest BCUT2D eigenvalue weighted by molar-refractivity contribution is 5.74. The maximum absolute atomic E-state index is 12.5. The fourth-order valence-corrected chi connectivity index (χ4v) is 3.64. The largest absolute Gasteiger partial charge is 0.383 e. The number of likely N-dealkylation sites (tertiary alicyclic amines) is 1. The van der Waals surface area contributed by atoms with Crippen LogP contribution in [-0.4, -0.2) is 43.5 Å². The fraction of sp³-hybridized carbons (Fsp3) is 0.381. The molecule has 0 saturated carbocycles. The molecule has 28 heavy (non-hydrogen) atoms. The number of nitrogens with one attached hydrogen (secondary N) is 1. The molecule has 1 aliphatic rings. The van der Waals surface area contributed by atoms with Gasteiger partial charge in [0.1, 0.15) is 11.2 Å². The highest BCUT2D eigenvalue weighted by Crippen LogP contribution is 2.31. The summed E-state index contributed by atoms with van der Waals surface area (Å²) < 4.78 is 2.01. The Balaban J connectivity index is 1.34. The van der Waals surface area contributed by atoms with Gasteiger partial charge in [-0.2, -0.15) is 0 Å². The van der Waals surface area contributed by atoms with E-state index in [2.05, 4.69) is 15.3 Å². The van der Waals surface area contributed by atoms with Crippen molar-refractivity contribution in [3.8, 4) is 0 Å². The Labute approximate surface area is 164 Å². The first kappa shape index (κ1) is 18.4. The molecule has 3 aromatic heterocycles. The normalized spacial score (nSPS) is 16.3. The molecular formula is C21H25N5O2. The van der Waals surface area contributed by atoms with E-state index in [9.17, 15) is 9.90 Å². The van der Waals surface area contributed by atoms with Crippen molar-refractivity contribution in [1.82, 2.24) is 24.6 Å². The molecule has 3 aromatic rings. The molecule has 7 nitrogen and oxygen atoms in total. The monoisotopic (exact) mass is 379 g/mol. The van der Waals surface area contributed by atoms with Gasteiger partial charge in [0.25, 0.3) is 0 Å². The molecule has 4 heterocycles. The number of fused-ring (bicyclic) bond motifs is 1. The van der Waals surface area contributed by atoms with Crippen molar-refractivity contribution in [2.45, 2.75) is 38.8 Å². The van der Waals surface area contributed by atoms with E-state index in [1.54, 1.807) is 11.1 Å². The van der Waals surface area contributed by atoms with Crippen LogP contribution in [0.1, 0.15) is 35.5 Å². The third kappa shape index (κ3) is 3.57. The molecule has 0 atom stereocenters. The Morgan fingerprint density at radius 3 is 2.68 bits per heavy atom. The number of imidazole rings is 1. The number of rotatable bonds is 3. The van der Waals surface area contributed by atoms with Gasteiger partial charge in [-0.3, -0.25) is 4.98 Å². The highest BCUT2D eigenvalue weighted by atomic mass is 16.3. The molecule has 0 radical (unpaired) electrons. The molecule has 0 bridgehead atoms. The second-order valence-corrected chi connectivity index (χ2v) is 7.53. The first-order valence-corrected chi connectivity index (χ1v) is 9.56. The van der Waals surface area contributed by atoms with E-state index >= 15 is 0 Å². The molecular weight excluding hydrogens is 354 g/mol. The van der Waals surface area contributed by atoms with Gasteiger partial charge in [-0.15, -0.1) is 0 Å². The third-order valence-corrected chi connectivity index (χ3v) is 5.43. The molecule has 4 rings (SSSR count). The zero-order valence-electron chi connectivity index (χ0n) is 16.2. The van der Waals surface area contributed by atoms with Crippen molar-refractivity contribution >= 4 is 11.7 Å². The molecule has 1 saturated heterocycles. The van der Waals surface area contributed by atoms with E-state index in [1.807, 2.05) is 54.8 Å². The third-order valence-electron chi connectivity index (χ3n) is 5.43. The molecule has 0 aliphatic carbocycles. The number of hydrogen-bond donors (Lipinski definition) is 2. The minimum Gasteiger partial charge on any atom is -0.383 e. The van der Waals surface area contributed by atoms with E-state index < -0.39 is 5.60 Å². The van der Waals surface area contributed by atoms with Crippen molar-refractivity contribution in [1.29, 1.82) is 0 Å². The topological polar surface area (TPSA) is 82.8 Å². The van der Waals surface area contributed by atoms with E-state index in [4.69, 9.17) is 0 Å². The van der Waals surface area contributed by atoms with Gasteiger partial charge in [0, 0.05) is 31.2 Å². The summed E-state index contributed by atoms with van der Waals surface area (Å²) in [6.45, 7) is 5.34. The summed E-state index contributed by atoms with van der Waals surface area (Å²) in [4.78, 5) is 23.2. The van der Waals surface area contributed by atoms with Crippen LogP contribution < -0.4 is 5.32 Å². The number of carbonyl (C=O) groups is 1. The molecule has 1 fully saturated rings. The summed E-state index contributed by atoms with van der Waals surface area (Å²) >= 11 is 0. The number of pyridine rings is 2. The molecule has 0 aromatic carbocycles. The van der Waals surface area contributed by atoms with Gasteiger partial charge in [0.15, 0.2) is 0 Å². The van der Waals surface area contributed by atoms with Crippen LogP contribution in [-0.2, 0) is 12.1 Å². The lowest BCUT2D eigenvalue weighted by molar-refractivity contribution is -0.0204. The maximum atomic E-state index is 12.5. The second kappa shape index (κ2) is 7.24. The molecule has 7 heteroatoms. The standard InChI is InChI=1S/C21H25N5O2/c1-15-6-7-18(22-12-15)21(28)8-10-25(11-9-21)20(27)23-13-17-14-26-16(2)4-3-5-19(26)24-17/h3-7,12,14,28H,8-11,13H2,1-2H3,(H,23,27). The van der Waals surface area contributed by atoms with Crippen molar-refractivity contribution in [3.63, 3.8) is 0 Å².